The minimum Gasteiger partial charge on any atom is -0.492 e. The van der Waals surface area contributed by atoms with Gasteiger partial charge in [0, 0.05) is 11.1 Å². The molecule has 1 aromatic carbocycles. The first kappa shape index (κ1) is 11.7. The minimum atomic E-state index is -0.153. The van der Waals surface area contributed by atoms with Crippen LogP contribution in [0.5, 0.6) is 5.88 Å². The predicted molar refractivity (Wildman–Crippen MR) is 64.0 cm³/mol. The summed E-state index contributed by atoms with van der Waals surface area (Å²) in [4.78, 5) is 8.82. The van der Waals surface area contributed by atoms with Gasteiger partial charge in [-0.25, -0.2) is 4.98 Å². The van der Waals surface area contributed by atoms with Crippen molar-refractivity contribution in [3.63, 3.8) is 0 Å². The molecule has 0 aliphatic heterocycles. The first-order chi connectivity index (χ1) is 8.19. The summed E-state index contributed by atoms with van der Waals surface area (Å²) < 4.78 is 0. The van der Waals surface area contributed by atoms with Gasteiger partial charge in [0.05, 0.1) is 16.5 Å². The molecule has 1 aromatic heterocycles. The van der Waals surface area contributed by atoms with Crippen molar-refractivity contribution >= 4 is 23.4 Å². The predicted octanol–water partition coefficient (Wildman–Crippen LogP) is 2.86. The summed E-state index contributed by atoms with van der Waals surface area (Å²) in [5.41, 5.74) is 0.589. The van der Waals surface area contributed by atoms with Gasteiger partial charge in [0.15, 0.2) is 0 Å². The molecule has 2 aromatic rings. The molecule has 0 aliphatic carbocycles. The molecule has 0 spiro atoms. The molecule has 0 saturated carbocycles. The lowest BCUT2D eigenvalue weighted by atomic mass is 10.2. The van der Waals surface area contributed by atoms with Crippen LogP contribution in [0.3, 0.4) is 0 Å². The van der Waals surface area contributed by atoms with E-state index in [1.54, 1.807) is 24.3 Å². The molecule has 4 nitrogen and oxygen atoms in total. The summed E-state index contributed by atoms with van der Waals surface area (Å²) >= 11 is 6.83. The molecule has 84 valence electrons. The molecule has 17 heavy (non-hydrogen) atoms. The number of nitriles is 1. The number of aromatic hydroxyl groups is 1. The van der Waals surface area contributed by atoms with Gasteiger partial charge in [-0.2, -0.15) is 10.2 Å². The molecular formula is C11H6ClN3OS. The van der Waals surface area contributed by atoms with Crippen LogP contribution in [0, 0.1) is 11.3 Å². The molecule has 6 heteroatoms. The number of hydrogen-bond donors (Lipinski definition) is 1. The standard InChI is InChI=1S/C11H6ClN3OS/c12-11-14-6-9(10(16)15-11)17-8-3-1-7(5-13)2-4-8/h1-4,6H,(H,14,15,16). The summed E-state index contributed by atoms with van der Waals surface area (Å²) in [6.07, 6.45) is 1.45. The molecule has 0 saturated heterocycles. The minimum absolute atomic E-state index is 0.00618. The molecule has 0 unspecified atom stereocenters. The van der Waals surface area contributed by atoms with E-state index < -0.39 is 0 Å². The second-order valence-electron chi connectivity index (χ2n) is 3.07. The van der Waals surface area contributed by atoms with Crippen molar-refractivity contribution in [1.29, 1.82) is 5.26 Å². The molecule has 1 N–H and O–H groups in total. The number of aromatic nitrogens is 2. The topological polar surface area (TPSA) is 69.8 Å². The molecule has 2 rings (SSSR count). The van der Waals surface area contributed by atoms with Gasteiger partial charge >= 0.3 is 0 Å². The average molecular weight is 264 g/mol. The fourth-order valence-corrected chi connectivity index (χ4v) is 2.03. The van der Waals surface area contributed by atoms with Crippen LogP contribution in [0.1, 0.15) is 5.56 Å². The van der Waals surface area contributed by atoms with E-state index in [0.717, 1.165) is 4.90 Å². The number of hydrogen-bond acceptors (Lipinski definition) is 5. The van der Waals surface area contributed by atoms with Crippen LogP contribution in [0.2, 0.25) is 5.28 Å². The smallest absolute Gasteiger partial charge is 0.229 e. The van der Waals surface area contributed by atoms with Crippen molar-refractivity contribution in [3.8, 4) is 11.9 Å². The molecule has 0 bridgehead atoms. The fourth-order valence-electron chi connectivity index (χ4n) is 1.14. The van der Waals surface area contributed by atoms with Gasteiger partial charge in [0.25, 0.3) is 0 Å². The molecular weight excluding hydrogens is 258 g/mol. The van der Waals surface area contributed by atoms with Gasteiger partial charge in [-0.3, -0.25) is 0 Å². The molecule has 0 fully saturated rings. The van der Waals surface area contributed by atoms with Crippen LogP contribution in [0.4, 0.5) is 0 Å². The lowest BCUT2D eigenvalue weighted by Crippen LogP contribution is -1.84. The third kappa shape index (κ3) is 2.87. The van der Waals surface area contributed by atoms with Crippen LogP contribution in [0.15, 0.2) is 40.3 Å². The van der Waals surface area contributed by atoms with E-state index in [4.69, 9.17) is 16.9 Å². The Labute approximate surface area is 107 Å². The number of rotatable bonds is 2. The van der Waals surface area contributed by atoms with Gasteiger partial charge in [-0.15, -0.1) is 0 Å². The largest absolute Gasteiger partial charge is 0.492 e. The van der Waals surface area contributed by atoms with Crippen LogP contribution in [-0.2, 0) is 0 Å². The summed E-state index contributed by atoms with van der Waals surface area (Å²) in [5, 5.41) is 18.2. The maximum absolute atomic E-state index is 9.54. The Hall–Kier alpha value is -1.77. The average Bonchev–Trinajstić information content (AvgIpc) is 2.34. The fraction of sp³-hybridized carbons (Fsp3) is 0. The van der Waals surface area contributed by atoms with Gasteiger partial charge in [0.1, 0.15) is 0 Å². The molecule has 0 radical (unpaired) electrons. The zero-order valence-electron chi connectivity index (χ0n) is 8.46. The van der Waals surface area contributed by atoms with Crippen molar-refractivity contribution in [1.82, 2.24) is 9.97 Å². The summed E-state index contributed by atoms with van der Waals surface area (Å²) in [6.45, 7) is 0. The van der Waals surface area contributed by atoms with Crippen molar-refractivity contribution in [2.45, 2.75) is 9.79 Å². The second-order valence-corrected chi connectivity index (χ2v) is 4.52. The molecule has 1 heterocycles. The van der Waals surface area contributed by atoms with E-state index in [9.17, 15) is 5.11 Å². The second kappa shape index (κ2) is 5.04. The SMILES string of the molecule is N#Cc1ccc(Sc2cnc(Cl)nc2O)cc1. The number of benzene rings is 1. The Bertz CT molecular complexity index is 580. The molecule has 0 amide bonds. The lowest BCUT2D eigenvalue weighted by Gasteiger charge is -2.02. The Kier molecular flexibility index (Phi) is 3.47. The van der Waals surface area contributed by atoms with Crippen LogP contribution in [-0.4, -0.2) is 15.1 Å². The van der Waals surface area contributed by atoms with Gasteiger partial charge in [-0.05, 0) is 35.9 Å². The molecule has 0 atom stereocenters. The van der Waals surface area contributed by atoms with Crippen molar-refractivity contribution < 1.29 is 5.11 Å². The van der Waals surface area contributed by atoms with Crippen molar-refractivity contribution in [3.05, 3.63) is 41.3 Å². The van der Waals surface area contributed by atoms with E-state index in [1.165, 1.54) is 18.0 Å². The van der Waals surface area contributed by atoms with Crippen LogP contribution in [0.25, 0.3) is 0 Å². The van der Waals surface area contributed by atoms with Gasteiger partial charge in [0.2, 0.25) is 11.2 Å². The van der Waals surface area contributed by atoms with E-state index in [1.807, 2.05) is 6.07 Å². The Morgan fingerprint density at radius 1 is 1.29 bits per heavy atom. The molecule has 0 aliphatic rings. The lowest BCUT2D eigenvalue weighted by molar-refractivity contribution is 0.437. The van der Waals surface area contributed by atoms with Crippen molar-refractivity contribution in [2.75, 3.05) is 0 Å². The maximum atomic E-state index is 9.54. The number of halogens is 1. The zero-order chi connectivity index (χ0) is 12.3. The Balaban J connectivity index is 2.23. The van der Waals surface area contributed by atoms with Gasteiger partial charge < -0.3 is 5.11 Å². The summed E-state index contributed by atoms with van der Waals surface area (Å²) in [5.74, 6) is -0.153. The number of nitrogens with zero attached hydrogens (tertiary/aromatic N) is 3. The van der Waals surface area contributed by atoms with Crippen LogP contribution >= 0.6 is 23.4 Å². The highest BCUT2D eigenvalue weighted by Gasteiger charge is 2.06. The highest BCUT2D eigenvalue weighted by molar-refractivity contribution is 7.99. The zero-order valence-corrected chi connectivity index (χ0v) is 10.0. The van der Waals surface area contributed by atoms with E-state index in [2.05, 4.69) is 9.97 Å². The maximum Gasteiger partial charge on any atom is 0.229 e. The summed E-state index contributed by atoms with van der Waals surface area (Å²) in [7, 11) is 0. The Morgan fingerprint density at radius 3 is 2.59 bits per heavy atom. The normalized spacial score (nSPS) is 9.88. The van der Waals surface area contributed by atoms with Gasteiger partial charge in [-0.1, -0.05) is 11.8 Å². The Morgan fingerprint density at radius 2 is 2.00 bits per heavy atom. The highest BCUT2D eigenvalue weighted by atomic mass is 35.5. The summed E-state index contributed by atoms with van der Waals surface area (Å²) in [6, 6.07) is 9.02. The third-order valence-electron chi connectivity index (χ3n) is 1.92. The highest BCUT2D eigenvalue weighted by Crippen LogP contribution is 2.32. The van der Waals surface area contributed by atoms with Crippen LogP contribution < -0.4 is 0 Å². The monoisotopic (exact) mass is 263 g/mol. The third-order valence-corrected chi connectivity index (χ3v) is 3.12. The van der Waals surface area contributed by atoms with E-state index in [-0.39, 0.29) is 11.2 Å². The van der Waals surface area contributed by atoms with Crippen molar-refractivity contribution in [2.24, 2.45) is 0 Å². The first-order valence-corrected chi connectivity index (χ1v) is 5.78. The van der Waals surface area contributed by atoms with E-state index in [0.29, 0.717) is 10.5 Å². The quantitative estimate of drug-likeness (QED) is 0.844. The first-order valence-electron chi connectivity index (χ1n) is 4.58. The van der Waals surface area contributed by atoms with E-state index >= 15 is 0 Å².